The summed E-state index contributed by atoms with van der Waals surface area (Å²) in [5.41, 5.74) is 31.5. The summed E-state index contributed by atoms with van der Waals surface area (Å²) < 4.78 is 10.3. The minimum absolute atomic E-state index is 0.179. The molecule has 0 radical (unpaired) electrons. The summed E-state index contributed by atoms with van der Waals surface area (Å²) in [4.78, 5) is 0. The van der Waals surface area contributed by atoms with Crippen molar-refractivity contribution in [3.63, 3.8) is 0 Å². The van der Waals surface area contributed by atoms with Crippen LogP contribution in [0.1, 0.15) is 33.4 Å². The van der Waals surface area contributed by atoms with Gasteiger partial charge >= 0.3 is 0 Å². The summed E-state index contributed by atoms with van der Waals surface area (Å²) in [6, 6.07) is 81.4. The molecule has 2 aliphatic rings. The molecule has 0 bridgehead atoms. The van der Waals surface area contributed by atoms with Crippen molar-refractivity contribution < 1.29 is 4.74 Å². The topological polar surface area (TPSA) is 14.2 Å². The van der Waals surface area contributed by atoms with Crippen LogP contribution in [0.15, 0.2) is 218 Å². The van der Waals surface area contributed by atoms with Gasteiger partial charge in [0.25, 0.3) is 6.71 Å². The van der Waals surface area contributed by atoms with Crippen molar-refractivity contribution >= 4 is 44.9 Å². The third-order valence-electron chi connectivity index (χ3n) is 16.2. The summed E-state index contributed by atoms with van der Waals surface area (Å²) in [6.45, 7) is 13.3. The zero-order chi connectivity index (χ0) is 50.6. The average Bonchev–Trinajstić information content (AvgIpc) is 3.78. The zero-order valence-electron chi connectivity index (χ0n) is 43.2. The third-order valence-corrected chi connectivity index (χ3v) is 16.2. The molecule has 14 rings (SSSR count). The fourth-order valence-electron chi connectivity index (χ4n) is 13.3. The molecule has 2 nitrogen and oxygen atoms in total. The van der Waals surface area contributed by atoms with Gasteiger partial charge in [-0.05, 0) is 189 Å². The van der Waals surface area contributed by atoms with Crippen LogP contribution in [0.5, 0.6) is 11.5 Å². The molecule has 1 aromatic heterocycles. The molecule has 12 aromatic rings. The van der Waals surface area contributed by atoms with Crippen molar-refractivity contribution in [2.24, 2.45) is 0 Å². The molecule has 0 atom stereocenters. The van der Waals surface area contributed by atoms with Gasteiger partial charge in [-0.2, -0.15) is 0 Å². The number of benzene rings is 11. The van der Waals surface area contributed by atoms with Crippen LogP contribution < -0.4 is 21.1 Å². The van der Waals surface area contributed by atoms with Crippen molar-refractivity contribution in [2.75, 3.05) is 0 Å². The minimum atomic E-state index is -0.179. The van der Waals surface area contributed by atoms with E-state index in [-0.39, 0.29) is 6.71 Å². The second-order valence-electron chi connectivity index (χ2n) is 21.2. The highest BCUT2D eigenvalue weighted by Gasteiger charge is 2.43. The summed E-state index contributed by atoms with van der Waals surface area (Å²) in [7, 11) is 0. The Labute approximate surface area is 440 Å². The van der Waals surface area contributed by atoms with E-state index in [9.17, 15) is 0 Å². The molecule has 0 aliphatic carbocycles. The second kappa shape index (κ2) is 17.4. The van der Waals surface area contributed by atoms with Crippen molar-refractivity contribution in [3.05, 3.63) is 252 Å². The minimum Gasteiger partial charge on any atom is -0.458 e. The number of hydrogen-bond donors (Lipinski definition) is 0. The highest BCUT2D eigenvalue weighted by atomic mass is 16.5. The van der Waals surface area contributed by atoms with Crippen LogP contribution in [0.2, 0.25) is 0 Å². The van der Waals surface area contributed by atoms with Crippen molar-refractivity contribution in [1.29, 1.82) is 0 Å². The molecule has 2 aliphatic heterocycles. The number of aromatic nitrogens is 1. The van der Waals surface area contributed by atoms with E-state index in [0.29, 0.717) is 0 Å². The lowest BCUT2D eigenvalue weighted by Gasteiger charge is -2.35. The van der Waals surface area contributed by atoms with Crippen molar-refractivity contribution in [1.82, 2.24) is 4.57 Å². The molecule has 3 heteroatoms. The maximum Gasteiger partial charge on any atom is 0.256 e. The first-order valence-corrected chi connectivity index (χ1v) is 26.3. The second-order valence-corrected chi connectivity index (χ2v) is 21.2. The summed E-state index contributed by atoms with van der Waals surface area (Å²) in [5, 5.41) is 2.50. The number of fused-ring (bicyclic) bond motifs is 7. The van der Waals surface area contributed by atoms with Gasteiger partial charge < -0.3 is 9.30 Å². The molecular formula is C72H54BNO. The molecule has 0 saturated heterocycles. The third kappa shape index (κ3) is 7.17. The lowest BCUT2D eigenvalue weighted by molar-refractivity contribution is 0.489. The normalized spacial score (nSPS) is 12.2. The highest BCUT2D eigenvalue weighted by molar-refractivity contribution is 6.99. The Morgan fingerprint density at radius 3 is 1.44 bits per heavy atom. The quantitative estimate of drug-likeness (QED) is 0.145. The smallest absolute Gasteiger partial charge is 0.256 e. The molecule has 0 spiro atoms. The number of nitrogens with zero attached hydrogens (tertiary/aromatic N) is 1. The van der Waals surface area contributed by atoms with Gasteiger partial charge in [0.05, 0.1) is 5.52 Å². The van der Waals surface area contributed by atoms with E-state index in [1.165, 1.54) is 105 Å². The summed E-state index contributed by atoms with van der Waals surface area (Å²) in [5.74, 6) is 1.78. The first-order chi connectivity index (χ1) is 36.7. The lowest BCUT2D eigenvalue weighted by atomic mass is 9.34. The highest BCUT2D eigenvalue weighted by Crippen LogP contribution is 2.48. The Morgan fingerprint density at radius 1 is 0.347 bits per heavy atom. The predicted octanol–water partition coefficient (Wildman–Crippen LogP) is 17.2. The largest absolute Gasteiger partial charge is 0.458 e. The molecule has 0 fully saturated rings. The Kier molecular flexibility index (Phi) is 10.4. The monoisotopic (exact) mass is 959 g/mol. The van der Waals surface area contributed by atoms with Crippen LogP contribution in [0.25, 0.3) is 105 Å². The Bertz CT molecular complexity index is 4270. The Morgan fingerprint density at radius 2 is 0.840 bits per heavy atom. The fourth-order valence-corrected chi connectivity index (χ4v) is 13.3. The standard InChI is InChI=1S/C72H54BNO/c1-43-32-45(3)68(46(4)33-43)52-30-31-65-60(36-52)61-38-55(69-47(5)34-44(2)35-48(69)6)40-63-71(61)74(65)66-41-53(49-20-10-7-11-21-49)42-67-70(66)73(63)64-39-54(58-28-17-16-26-56(58)50-22-12-8-13-23-50)37-62(72(64)75-67)59-29-19-18-27-57(59)51-24-14-9-15-25-51/h7-42H,1-6H3. The SMILES string of the molecule is Cc1cc(C)c(-c2ccc3c(c2)c2cc(-c4c(C)cc(C)cc4C)cc4c2n3-c2cc(-c3ccccc3)cc3c2B4c2cc(-c4ccccc4-c4ccccc4)cc(-c4ccccc4-c4ccccc4)c2O3)c(C)c1. The number of hydrogen-bond acceptors (Lipinski definition) is 1. The van der Waals surface area contributed by atoms with Crippen LogP contribution >= 0.6 is 0 Å². The molecule has 3 heterocycles. The Balaban J connectivity index is 1.14. The first kappa shape index (κ1) is 44.8. The molecule has 11 aromatic carbocycles. The van der Waals surface area contributed by atoms with E-state index in [1.807, 2.05) is 0 Å². The van der Waals surface area contributed by atoms with Crippen LogP contribution in [0.4, 0.5) is 0 Å². The first-order valence-electron chi connectivity index (χ1n) is 26.3. The van der Waals surface area contributed by atoms with E-state index in [1.54, 1.807) is 0 Å². The van der Waals surface area contributed by atoms with Crippen LogP contribution in [0, 0.1) is 41.5 Å². The molecular weight excluding hydrogens is 906 g/mol. The average molecular weight is 960 g/mol. The Hall–Kier alpha value is -8.92. The van der Waals surface area contributed by atoms with Gasteiger partial charge in [0.2, 0.25) is 0 Å². The van der Waals surface area contributed by atoms with Gasteiger partial charge in [0.1, 0.15) is 11.5 Å². The van der Waals surface area contributed by atoms with Gasteiger partial charge in [0, 0.05) is 27.5 Å². The maximum atomic E-state index is 7.73. The summed E-state index contributed by atoms with van der Waals surface area (Å²) >= 11 is 0. The molecule has 0 unspecified atom stereocenters. The van der Waals surface area contributed by atoms with Gasteiger partial charge in [-0.1, -0.05) is 193 Å². The van der Waals surface area contributed by atoms with Gasteiger partial charge in [-0.3, -0.25) is 0 Å². The molecule has 0 amide bonds. The van der Waals surface area contributed by atoms with Crippen LogP contribution in [-0.4, -0.2) is 11.3 Å². The van der Waals surface area contributed by atoms with Crippen molar-refractivity contribution in [3.8, 4) is 95.1 Å². The molecule has 75 heavy (non-hydrogen) atoms. The van der Waals surface area contributed by atoms with Gasteiger partial charge in [-0.25, -0.2) is 0 Å². The van der Waals surface area contributed by atoms with E-state index in [0.717, 1.165) is 61.6 Å². The maximum absolute atomic E-state index is 7.73. The van der Waals surface area contributed by atoms with Crippen LogP contribution in [0.3, 0.4) is 0 Å². The van der Waals surface area contributed by atoms with Gasteiger partial charge in [-0.15, -0.1) is 0 Å². The number of rotatable bonds is 7. The van der Waals surface area contributed by atoms with E-state index >= 15 is 0 Å². The fraction of sp³-hybridized carbons (Fsp3) is 0.0833. The van der Waals surface area contributed by atoms with Crippen LogP contribution in [-0.2, 0) is 0 Å². The molecule has 0 N–H and O–H groups in total. The predicted molar refractivity (Wildman–Crippen MR) is 318 cm³/mol. The van der Waals surface area contributed by atoms with E-state index in [4.69, 9.17) is 4.74 Å². The summed E-state index contributed by atoms with van der Waals surface area (Å²) in [6.07, 6.45) is 0. The lowest BCUT2D eigenvalue weighted by Crippen LogP contribution is -2.58. The molecule has 0 saturated carbocycles. The zero-order valence-corrected chi connectivity index (χ0v) is 43.2. The van der Waals surface area contributed by atoms with Crippen molar-refractivity contribution in [2.45, 2.75) is 41.5 Å². The number of ether oxygens (including phenoxy) is 1. The number of aryl methyl sites for hydroxylation is 6. The van der Waals surface area contributed by atoms with E-state index in [2.05, 4.69) is 264 Å². The molecule has 356 valence electrons. The van der Waals surface area contributed by atoms with E-state index < -0.39 is 0 Å². The van der Waals surface area contributed by atoms with Gasteiger partial charge in [0.15, 0.2) is 0 Å².